The highest BCUT2D eigenvalue weighted by Crippen LogP contribution is 2.18. The first-order chi connectivity index (χ1) is 7.06. The Labute approximate surface area is 96.6 Å². The van der Waals surface area contributed by atoms with E-state index in [0.717, 1.165) is 22.4 Å². The third-order valence-corrected chi connectivity index (χ3v) is 2.50. The SMILES string of the molecule is CC(C)Cc1nc2c(N)cc(Br)cn2n1. The average Bonchev–Trinajstić information content (AvgIpc) is 2.45. The van der Waals surface area contributed by atoms with Gasteiger partial charge in [0.1, 0.15) is 0 Å². The van der Waals surface area contributed by atoms with E-state index >= 15 is 0 Å². The first-order valence-corrected chi connectivity index (χ1v) is 5.66. The van der Waals surface area contributed by atoms with Crippen molar-refractivity contribution in [2.24, 2.45) is 5.92 Å². The molecule has 0 saturated carbocycles. The normalized spacial score (nSPS) is 11.5. The second-order valence-electron chi connectivity index (χ2n) is 4.01. The Balaban J connectivity index is 2.50. The Hall–Kier alpha value is -1.10. The van der Waals surface area contributed by atoms with Gasteiger partial charge in [-0.3, -0.25) is 0 Å². The van der Waals surface area contributed by atoms with Gasteiger partial charge in [-0.15, -0.1) is 0 Å². The van der Waals surface area contributed by atoms with Crippen molar-refractivity contribution in [1.82, 2.24) is 14.6 Å². The van der Waals surface area contributed by atoms with E-state index in [0.29, 0.717) is 11.6 Å². The Morgan fingerprint density at radius 1 is 1.53 bits per heavy atom. The van der Waals surface area contributed by atoms with Crippen molar-refractivity contribution in [2.45, 2.75) is 20.3 Å². The van der Waals surface area contributed by atoms with Gasteiger partial charge in [0.25, 0.3) is 0 Å². The van der Waals surface area contributed by atoms with Gasteiger partial charge in [-0.2, -0.15) is 5.10 Å². The molecule has 0 amide bonds. The molecule has 0 spiro atoms. The summed E-state index contributed by atoms with van der Waals surface area (Å²) in [4.78, 5) is 4.40. The molecule has 2 rings (SSSR count). The standard InChI is InChI=1S/C10H13BrN4/c1-6(2)3-9-13-10-8(12)4-7(11)5-15(10)14-9/h4-6H,3,12H2,1-2H3. The summed E-state index contributed by atoms with van der Waals surface area (Å²) >= 11 is 3.37. The fourth-order valence-electron chi connectivity index (χ4n) is 1.47. The number of nitrogens with two attached hydrogens (primary N) is 1. The summed E-state index contributed by atoms with van der Waals surface area (Å²) in [6.45, 7) is 4.29. The van der Waals surface area contributed by atoms with Crippen LogP contribution in [0.15, 0.2) is 16.7 Å². The molecule has 0 atom stereocenters. The number of anilines is 1. The second-order valence-corrected chi connectivity index (χ2v) is 4.92. The number of pyridine rings is 1. The second kappa shape index (κ2) is 3.81. The highest BCUT2D eigenvalue weighted by Gasteiger charge is 2.08. The van der Waals surface area contributed by atoms with Crippen molar-refractivity contribution >= 4 is 27.3 Å². The van der Waals surface area contributed by atoms with E-state index in [-0.39, 0.29) is 0 Å². The first-order valence-electron chi connectivity index (χ1n) is 4.86. The van der Waals surface area contributed by atoms with E-state index in [1.165, 1.54) is 0 Å². The number of halogens is 1. The molecule has 2 heterocycles. The Kier molecular flexibility index (Phi) is 2.65. The van der Waals surface area contributed by atoms with Crippen molar-refractivity contribution in [1.29, 1.82) is 0 Å². The highest BCUT2D eigenvalue weighted by atomic mass is 79.9. The molecule has 0 aromatic carbocycles. The van der Waals surface area contributed by atoms with Crippen LogP contribution in [0.5, 0.6) is 0 Å². The third-order valence-electron chi connectivity index (χ3n) is 2.06. The molecule has 80 valence electrons. The lowest BCUT2D eigenvalue weighted by Crippen LogP contribution is -1.96. The van der Waals surface area contributed by atoms with E-state index in [1.54, 1.807) is 4.52 Å². The molecular formula is C10H13BrN4. The molecule has 0 aliphatic carbocycles. The van der Waals surface area contributed by atoms with Gasteiger partial charge in [0.2, 0.25) is 0 Å². The topological polar surface area (TPSA) is 56.2 Å². The lowest BCUT2D eigenvalue weighted by Gasteiger charge is -1.96. The van der Waals surface area contributed by atoms with E-state index in [4.69, 9.17) is 5.73 Å². The number of aromatic nitrogens is 3. The minimum atomic E-state index is 0.548. The maximum Gasteiger partial charge on any atom is 0.178 e. The summed E-state index contributed by atoms with van der Waals surface area (Å²) in [5.74, 6) is 1.39. The molecule has 0 bridgehead atoms. The lowest BCUT2D eigenvalue weighted by atomic mass is 10.1. The molecule has 0 unspecified atom stereocenters. The molecule has 0 radical (unpaired) electrons. The monoisotopic (exact) mass is 268 g/mol. The van der Waals surface area contributed by atoms with Gasteiger partial charge in [0.05, 0.1) is 5.69 Å². The summed E-state index contributed by atoms with van der Waals surface area (Å²) in [6.07, 6.45) is 2.74. The smallest absolute Gasteiger partial charge is 0.178 e. The molecule has 2 aromatic rings. The zero-order valence-electron chi connectivity index (χ0n) is 8.74. The molecule has 0 fully saturated rings. The van der Waals surface area contributed by atoms with Gasteiger partial charge < -0.3 is 5.73 Å². The van der Waals surface area contributed by atoms with Crippen molar-refractivity contribution in [3.63, 3.8) is 0 Å². The molecule has 0 saturated heterocycles. The van der Waals surface area contributed by atoms with Gasteiger partial charge in [0.15, 0.2) is 11.5 Å². The Morgan fingerprint density at radius 2 is 2.27 bits per heavy atom. The van der Waals surface area contributed by atoms with E-state index in [2.05, 4.69) is 39.9 Å². The van der Waals surface area contributed by atoms with Crippen LogP contribution in [0.25, 0.3) is 5.65 Å². The number of nitrogens with zero attached hydrogens (tertiary/aromatic N) is 3. The molecule has 2 aromatic heterocycles. The molecule has 0 aliphatic heterocycles. The number of hydrogen-bond donors (Lipinski definition) is 1. The van der Waals surface area contributed by atoms with Crippen molar-refractivity contribution < 1.29 is 0 Å². The quantitative estimate of drug-likeness (QED) is 0.909. The molecule has 4 nitrogen and oxygen atoms in total. The Bertz CT molecular complexity index is 489. The average molecular weight is 269 g/mol. The summed E-state index contributed by atoms with van der Waals surface area (Å²) in [5, 5.41) is 4.37. The van der Waals surface area contributed by atoms with Crippen LogP contribution in [-0.2, 0) is 6.42 Å². The van der Waals surface area contributed by atoms with Gasteiger partial charge in [0, 0.05) is 17.1 Å². The number of fused-ring (bicyclic) bond motifs is 1. The minimum Gasteiger partial charge on any atom is -0.396 e. The minimum absolute atomic E-state index is 0.548. The van der Waals surface area contributed by atoms with Crippen LogP contribution in [-0.4, -0.2) is 14.6 Å². The van der Waals surface area contributed by atoms with E-state index in [1.807, 2.05) is 12.3 Å². The number of hydrogen-bond acceptors (Lipinski definition) is 3. The maximum atomic E-state index is 5.85. The van der Waals surface area contributed by atoms with Crippen molar-refractivity contribution in [3.05, 3.63) is 22.6 Å². The molecule has 0 aliphatic rings. The largest absolute Gasteiger partial charge is 0.396 e. The van der Waals surface area contributed by atoms with Crippen LogP contribution in [0.3, 0.4) is 0 Å². The van der Waals surface area contributed by atoms with Crippen LogP contribution in [0.2, 0.25) is 0 Å². The van der Waals surface area contributed by atoms with Crippen LogP contribution >= 0.6 is 15.9 Å². The van der Waals surface area contributed by atoms with Gasteiger partial charge >= 0.3 is 0 Å². The molecule has 2 N–H and O–H groups in total. The van der Waals surface area contributed by atoms with Gasteiger partial charge in [-0.25, -0.2) is 9.50 Å². The van der Waals surface area contributed by atoms with Gasteiger partial charge in [-0.05, 0) is 27.9 Å². The van der Waals surface area contributed by atoms with Crippen molar-refractivity contribution in [3.8, 4) is 0 Å². The predicted molar refractivity (Wildman–Crippen MR) is 63.6 cm³/mol. The Morgan fingerprint density at radius 3 is 2.93 bits per heavy atom. The maximum absolute atomic E-state index is 5.85. The van der Waals surface area contributed by atoms with Crippen LogP contribution in [0.1, 0.15) is 19.7 Å². The highest BCUT2D eigenvalue weighted by molar-refractivity contribution is 9.10. The molecule has 15 heavy (non-hydrogen) atoms. The summed E-state index contributed by atoms with van der Waals surface area (Å²) in [5.41, 5.74) is 7.22. The number of rotatable bonds is 2. The summed E-state index contributed by atoms with van der Waals surface area (Å²) in [6, 6.07) is 1.84. The predicted octanol–water partition coefficient (Wildman–Crippen LogP) is 2.27. The fraction of sp³-hybridized carbons (Fsp3) is 0.400. The van der Waals surface area contributed by atoms with Crippen LogP contribution in [0.4, 0.5) is 5.69 Å². The fourth-order valence-corrected chi connectivity index (χ4v) is 1.91. The van der Waals surface area contributed by atoms with Crippen LogP contribution in [0, 0.1) is 5.92 Å². The zero-order chi connectivity index (χ0) is 11.0. The summed E-state index contributed by atoms with van der Waals surface area (Å²) in [7, 11) is 0. The van der Waals surface area contributed by atoms with E-state index < -0.39 is 0 Å². The lowest BCUT2D eigenvalue weighted by molar-refractivity contribution is 0.620. The summed E-state index contributed by atoms with van der Waals surface area (Å²) < 4.78 is 2.63. The van der Waals surface area contributed by atoms with E-state index in [9.17, 15) is 0 Å². The van der Waals surface area contributed by atoms with Gasteiger partial charge in [-0.1, -0.05) is 13.8 Å². The van der Waals surface area contributed by atoms with Crippen molar-refractivity contribution in [2.75, 3.05) is 5.73 Å². The molecular weight excluding hydrogens is 256 g/mol. The zero-order valence-corrected chi connectivity index (χ0v) is 10.3. The third kappa shape index (κ3) is 2.12. The number of nitrogen functional groups attached to an aromatic ring is 1. The molecule has 5 heteroatoms. The van der Waals surface area contributed by atoms with Crippen LogP contribution < -0.4 is 5.73 Å². The first kappa shape index (κ1) is 10.4.